The molecule has 4 aromatic carbocycles. The Bertz CT molecular complexity index is 796. The van der Waals surface area contributed by atoms with Crippen LogP contribution in [0.4, 0.5) is 0 Å². The van der Waals surface area contributed by atoms with E-state index in [4.69, 9.17) is 19.4 Å². The molecule has 0 radical (unpaired) electrons. The fraction of sp³-hybridized carbons (Fsp3) is 0.0769. The van der Waals surface area contributed by atoms with Crippen molar-refractivity contribution < 1.29 is 15.1 Å². The Hall–Kier alpha value is -1.06. The van der Waals surface area contributed by atoms with Crippen LogP contribution in [-0.4, -0.2) is 13.3 Å². The van der Waals surface area contributed by atoms with Crippen LogP contribution in [0.3, 0.4) is 0 Å². The van der Waals surface area contributed by atoms with Crippen molar-refractivity contribution >= 4 is 56.4 Å². The van der Waals surface area contributed by atoms with Crippen LogP contribution < -0.4 is 21.2 Å². The fourth-order valence-corrected chi connectivity index (χ4v) is 5.98. The van der Waals surface area contributed by atoms with Crippen molar-refractivity contribution in [2.45, 2.75) is 0 Å². The van der Waals surface area contributed by atoms with Gasteiger partial charge in [-0.2, -0.15) is 0 Å². The van der Waals surface area contributed by atoms with Gasteiger partial charge in [0.25, 0.3) is 0 Å². The van der Waals surface area contributed by atoms with Crippen LogP contribution in [0.15, 0.2) is 121 Å². The first-order valence-electron chi connectivity index (χ1n) is 9.70. The van der Waals surface area contributed by atoms with E-state index in [1.54, 1.807) is 0 Å². The normalized spacial score (nSPS) is 10.1. The van der Waals surface area contributed by atoms with Gasteiger partial charge < -0.3 is 0 Å². The second-order valence-corrected chi connectivity index (χ2v) is 13.5. The van der Waals surface area contributed by atoms with Crippen LogP contribution in [0.2, 0.25) is 0 Å². The molecule has 0 amide bonds. The van der Waals surface area contributed by atoms with Crippen molar-refractivity contribution in [2.24, 2.45) is 0 Å². The monoisotopic (exact) mass is 572 g/mol. The van der Waals surface area contributed by atoms with Gasteiger partial charge in [-0.15, -0.1) is 0 Å². The van der Waals surface area contributed by atoms with Crippen molar-refractivity contribution in [3.05, 3.63) is 121 Å². The Balaban J connectivity index is 0.000000196. The van der Waals surface area contributed by atoms with E-state index < -0.39 is 0 Å². The Morgan fingerprint density at radius 1 is 0.419 bits per heavy atom. The maximum absolute atomic E-state index is 4.85. The zero-order chi connectivity index (χ0) is 22.3. The van der Waals surface area contributed by atoms with Gasteiger partial charge in [0.15, 0.2) is 0 Å². The quantitative estimate of drug-likeness (QED) is 0.185. The maximum atomic E-state index is 4.85. The summed E-state index contributed by atoms with van der Waals surface area (Å²) in [7, 11) is 9.37. The number of hydrogen-bond acceptors (Lipinski definition) is 0. The molecule has 0 unspecified atom stereocenters. The molecule has 0 aromatic heterocycles. The number of hydrogen-bond donors (Lipinski definition) is 0. The molecule has 4 aromatic rings. The molecule has 0 fully saturated rings. The zero-order valence-corrected chi connectivity index (χ0v) is 22.6. The average molecular weight is 572 g/mol. The predicted octanol–water partition coefficient (Wildman–Crippen LogP) is 6.87. The van der Waals surface area contributed by atoms with E-state index in [2.05, 4.69) is 135 Å². The van der Waals surface area contributed by atoms with Gasteiger partial charge in [-0.3, -0.25) is 0 Å². The molecule has 4 rings (SSSR count). The predicted molar refractivity (Wildman–Crippen MR) is 142 cm³/mol. The molecule has 0 aliphatic rings. The molecule has 0 aliphatic heterocycles. The van der Waals surface area contributed by atoms with E-state index in [9.17, 15) is 0 Å². The third-order valence-corrected chi connectivity index (χ3v) is 8.86. The van der Waals surface area contributed by atoms with Crippen molar-refractivity contribution in [1.29, 1.82) is 0 Å². The Morgan fingerprint density at radius 3 is 0.742 bits per heavy atom. The summed E-state index contributed by atoms with van der Waals surface area (Å²) < 4.78 is 0. The van der Waals surface area contributed by atoms with E-state index in [0.29, 0.717) is 0 Å². The average Bonchev–Trinajstić information content (AvgIpc) is 2.86. The third-order valence-electron chi connectivity index (χ3n) is 4.57. The first-order chi connectivity index (χ1) is 15.2. The topological polar surface area (TPSA) is 0 Å². The first-order valence-corrected chi connectivity index (χ1v) is 17.8. The van der Waals surface area contributed by atoms with E-state index in [1.165, 1.54) is 21.2 Å². The molecule has 0 aliphatic carbocycles. The van der Waals surface area contributed by atoms with E-state index in [1.807, 2.05) is 0 Å². The number of benzene rings is 4. The Kier molecular flexibility index (Phi) is 13.3. The van der Waals surface area contributed by atoms with Crippen LogP contribution in [-0.2, 0) is 15.1 Å². The molecule has 0 N–H and O–H groups in total. The minimum atomic E-state index is -0.346. The summed E-state index contributed by atoms with van der Waals surface area (Å²) in [4.78, 5) is 0. The molecule has 0 heterocycles. The van der Waals surface area contributed by atoms with Gasteiger partial charge in [0.1, 0.15) is 0 Å². The molecule has 162 valence electrons. The standard InChI is InChI=1S/2C13H13P.2ClH.Ru/c2*1-14(12-8-4-2-5-9-12)13-10-6-3-7-11-13;;;/h2*2-11H,1H3;2*1H;/q;;;;+2/p-2. The molecule has 0 atom stereocenters. The van der Waals surface area contributed by atoms with E-state index >= 15 is 0 Å². The van der Waals surface area contributed by atoms with Crippen LogP contribution in [0, 0.1) is 0 Å². The Labute approximate surface area is 205 Å². The van der Waals surface area contributed by atoms with Gasteiger partial charge >= 0.3 is 34.5 Å². The summed E-state index contributed by atoms with van der Waals surface area (Å²) in [6.07, 6.45) is 0. The van der Waals surface area contributed by atoms with Gasteiger partial charge in [0.2, 0.25) is 0 Å². The van der Waals surface area contributed by atoms with Crippen molar-refractivity contribution in [3.8, 4) is 0 Å². The first kappa shape index (κ1) is 26.2. The second kappa shape index (κ2) is 15.7. The van der Waals surface area contributed by atoms with Gasteiger partial charge in [0, 0.05) is 0 Å². The Morgan fingerprint density at radius 2 is 0.581 bits per heavy atom. The summed E-state index contributed by atoms with van der Waals surface area (Å²) in [5.74, 6) is 0. The van der Waals surface area contributed by atoms with E-state index in [-0.39, 0.29) is 31.0 Å². The van der Waals surface area contributed by atoms with Crippen LogP contribution in [0.25, 0.3) is 0 Å². The van der Waals surface area contributed by atoms with Gasteiger partial charge in [-0.25, -0.2) is 0 Å². The summed E-state index contributed by atoms with van der Waals surface area (Å²) in [5, 5.41) is 5.75. The fourth-order valence-electron chi connectivity index (χ4n) is 2.90. The van der Waals surface area contributed by atoms with Crippen molar-refractivity contribution in [1.82, 2.24) is 0 Å². The number of rotatable bonds is 4. The van der Waals surface area contributed by atoms with Gasteiger partial charge in [-0.05, 0) is 50.4 Å². The molecular weight excluding hydrogens is 546 g/mol. The SMILES string of the molecule is CP(c1ccccc1)c1ccccc1.CP(c1ccccc1)c1ccccc1.[Cl][Ru][Cl]. The van der Waals surface area contributed by atoms with Crippen LogP contribution in [0.5, 0.6) is 0 Å². The molecule has 0 saturated carbocycles. The number of halogens is 2. The summed E-state index contributed by atoms with van der Waals surface area (Å²) >= 11 is -0.346. The van der Waals surface area contributed by atoms with Crippen molar-refractivity contribution in [2.75, 3.05) is 13.3 Å². The third kappa shape index (κ3) is 9.53. The minimum absolute atomic E-state index is 0.171. The molecule has 0 bridgehead atoms. The van der Waals surface area contributed by atoms with Gasteiger partial charge in [0.05, 0.1) is 0 Å². The van der Waals surface area contributed by atoms with Crippen molar-refractivity contribution in [3.63, 3.8) is 0 Å². The van der Waals surface area contributed by atoms with Gasteiger partial charge in [-0.1, -0.05) is 121 Å². The van der Waals surface area contributed by atoms with Crippen LogP contribution in [0.1, 0.15) is 0 Å². The summed E-state index contributed by atoms with van der Waals surface area (Å²) in [6, 6.07) is 42.8. The summed E-state index contributed by atoms with van der Waals surface area (Å²) in [5.41, 5.74) is 0. The molecule has 0 saturated heterocycles. The molecular formula is C26H26Cl2P2Ru. The molecule has 5 heteroatoms. The molecule has 0 spiro atoms. The van der Waals surface area contributed by atoms with Crippen LogP contribution >= 0.6 is 35.2 Å². The van der Waals surface area contributed by atoms with E-state index in [0.717, 1.165) is 0 Å². The molecule has 0 nitrogen and oxygen atoms in total. The molecule has 31 heavy (non-hydrogen) atoms. The zero-order valence-electron chi connectivity index (χ0n) is 17.6. The second-order valence-electron chi connectivity index (χ2n) is 6.51. The summed E-state index contributed by atoms with van der Waals surface area (Å²) in [6.45, 7) is 4.61.